The van der Waals surface area contributed by atoms with Gasteiger partial charge < -0.3 is 15.2 Å². The summed E-state index contributed by atoms with van der Waals surface area (Å²) in [5.41, 5.74) is 0.589. The second-order valence-electron chi connectivity index (χ2n) is 3.05. The van der Waals surface area contributed by atoms with E-state index in [1.807, 2.05) is 0 Å². The third-order valence-corrected chi connectivity index (χ3v) is 1.91. The molecule has 0 saturated heterocycles. The third kappa shape index (κ3) is 3.56. The van der Waals surface area contributed by atoms with Gasteiger partial charge >= 0.3 is 12.1 Å². The first-order chi connectivity index (χ1) is 7.63. The van der Waals surface area contributed by atoms with Crippen molar-refractivity contribution < 1.29 is 19.4 Å². The van der Waals surface area contributed by atoms with E-state index in [1.54, 1.807) is 24.4 Å². The topological polar surface area (TPSA) is 88.5 Å². The Morgan fingerprint density at radius 1 is 1.56 bits per heavy atom. The normalized spacial score (nSPS) is 11.6. The number of aliphatic carboxylic acids is 1. The highest BCUT2D eigenvalue weighted by Crippen LogP contribution is 2.00. The van der Waals surface area contributed by atoms with E-state index in [0.717, 1.165) is 0 Å². The lowest BCUT2D eigenvalue weighted by atomic mass is 10.1. The number of amides is 1. The van der Waals surface area contributed by atoms with Crippen LogP contribution in [0.25, 0.3) is 0 Å². The summed E-state index contributed by atoms with van der Waals surface area (Å²) in [6.45, 7) is 0. The van der Waals surface area contributed by atoms with Gasteiger partial charge in [0.05, 0.1) is 7.11 Å². The fourth-order valence-electron chi connectivity index (χ4n) is 1.13. The molecule has 1 aromatic rings. The quantitative estimate of drug-likeness (QED) is 0.774. The largest absolute Gasteiger partial charge is 0.480 e. The van der Waals surface area contributed by atoms with Gasteiger partial charge in [0.15, 0.2) is 0 Å². The zero-order valence-electron chi connectivity index (χ0n) is 8.71. The lowest BCUT2D eigenvalue weighted by Crippen LogP contribution is -2.42. The second-order valence-corrected chi connectivity index (χ2v) is 3.05. The predicted octanol–water partition coefficient (Wildman–Crippen LogP) is 0.433. The summed E-state index contributed by atoms with van der Waals surface area (Å²) in [6.07, 6.45) is 0.904. The van der Waals surface area contributed by atoms with Crippen molar-refractivity contribution in [1.82, 2.24) is 10.3 Å². The van der Waals surface area contributed by atoms with Gasteiger partial charge in [0, 0.05) is 18.3 Å². The van der Waals surface area contributed by atoms with Crippen LogP contribution in [0.5, 0.6) is 0 Å². The molecule has 1 aromatic heterocycles. The standard InChI is InChI=1S/C10H12N2O4/c1-16-10(15)12-8(9(13)14)6-7-4-2-3-5-11-7/h2-5,8H,6H2,1H3,(H,12,15)(H,13,14)/t8-/m0/s1. The lowest BCUT2D eigenvalue weighted by Gasteiger charge is -2.12. The molecule has 6 nitrogen and oxygen atoms in total. The molecule has 1 atom stereocenters. The van der Waals surface area contributed by atoms with Crippen molar-refractivity contribution in [3.8, 4) is 0 Å². The van der Waals surface area contributed by atoms with Gasteiger partial charge in [0.2, 0.25) is 0 Å². The molecule has 0 fully saturated rings. The first-order valence-electron chi connectivity index (χ1n) is 4.60. The van der Waals surface area contributed by atoms with Crippen LogP contribution in [0.4, 0.5) is 4.79 Å². The van der Waals surface area contributed by atoms with Crippen LogP contribution in [0, 0.1) is 0 Å². The summed E-state index contributed by atoms with van der Waals surface area (Å²) in [7, 11) is 1.18. The van der Waals surface area contributed by atoms with E-state index in [0.29, 0.717) is 5.69 Å². The van der Waals surface area contributed by atoms with Crippen molar-refractivity contribution in [2.75, 3.05) is 7.11 Å². The van der Waals surface area contributed by atoms with Crippen molar-refractivity contribution in [1.29, 1.82) is 0 Å². The Hall–Kier alpha value is -2.11. The molecule has 0 aliphatic heterocycles. The van der Waals surface area contributed by atoms with Crippen molar-refractivity contribution in [2.24, 2.45) is 0 Å². The highest BCUT2D eigenvalue weighted by Gasteiger charge is 2.20. The Labute approximate surface area is 92.3 Å². The second kappa shape index (κ2) is 5.69. The number of carbonyl (C=O) groups excluding carboxylic acids is 1. The van der Waals surface area contributed by atoms with Crippen LogP contribution in [-0.4, -0.2) is 35.3 Å². The molecule has 0 spiro atoms. The molecule has 86 valence electrons. The van der Waals surface area contributed by atoms with Crippen molar-refractivity contribution in [2.45, 2.75) is 12.5 Å². The molecule has 2 N–H and O–H groups in total. The third-order valence-electron chi connectivity index (χ3n) is 1.91. The molecule has 1 heterocycles. The number of aromatic nitrogens is 1. The van der Waals surface area contributed by atoms with Crippen molar-refractivity contribution >= 4 is 12.1 Å². The van der Waals surface area contributed by atoms with E-state index in [1.165, 1.54) is 7.11 Å². The van der Waals surface area contributed by atoms with Crippen LogP contribution >= 0.6 is 0 Å². The smallest absolute Gasteiger partial charge is 0.407 e. The van der Waals surface area contributed by atoms with Crippen LogP contribution in [0.1, 0.15) is 5.69 Å². The fraction of sp³-hybridized carbons (Fsp3) is 0.300. The van der Waals surface area contributed by atoms with Gasteiger partial charge in [-0.05, 0) is 12.1 Å². The number of ether oxygens (including phenoxy) is 1. The number of methoxy groups -OCH3 is 1. The van der Waals surface area contributed by atoms with E-state index in [2.05, 4.69) is 15.0 Å². The van der Waals surface area contributed by atoms with Crippen molar-refractivity contribution in [3.05, 3.63) is 30.1 Å². The molecule has 16 heavy (non-hydrogen) atoms. The molecular weight excluding hydrogens is 212 g/mol. The molecule has 0 unspecified atom stereocenters. The van der Waals surface area contributed by atoms with Crippen LogP contribution < -0.4 is 5.32 Å². The Bertz CT molecular complexity index is 366. The molecule has 0 saturated carbocycles. The Morgan fingerprint density at radius 2 is 2.31 bits per heavy atom. The highest BCUT2D eigenvalue weighted by molar-refractivity contribution is 5.80. The minimum absolute atomic E-state index is 0.116. The maximum atomic E-state index is 10.9. The summed E-state index contributed by atoms with van der Waals surface area (Å²) < 4.78 is 4.33. The predicted molar refractivity (Wildman–Crippen MR) is 54.9 cm³/mol. The maximum absolute atomic E-state index is 10.9. The molecule has 0 aliphatic carbocycles. The van der Waals surface area contributed by atoms with E-state index in [9.17, 15) is 9.59 Å². The fourth-order valence-corrected chi connectivity index (χ4v) is 1.13. The minimum atomic E-state index is -1.13. The van der Waals surface area contributed by atoms with Crippen LogP contribution in [0.3, 0.4) is 0 Å². The van der Waals surface area contributed by atoms with E-state index >= 15 is 0 Å². The SMILES string of the molecule is COC(=O)N[C@@H](Cc1ccccn1)C(=O)O. The van der Waals surface area contributed by atoms with E-state index in [-0.39, 0.29) is 6.42 Å². The van der Waals surface area contributed by atoms with Crippen LogP contribution in [0.15, 0.2) is 24.4 Å². The van der Waals surface area contributed by atoms with Crippen LogP contribution in [0.2, 0.25) is 0 Å². The number of hydrogen-bond donors (Lipinski definition) is 2. The molecule has 1 rings (SSSR count). The van der Waals surface area contributed by atoms with E-state index < -0.39 is 18.1 Å². The summed E-state index contributed by atoms with van der Waals surface area (Å²) in [6, 6.07) is 4.13. The summed E-state index contributed by atoms with van der Waals surface area (Å²) in [5, 5.41) is 11.1. The molecule has 1 amide bonds. The first-order valence-corrected chi connectivity index (χ1v) is 4.60. The van der Waals surface area contributed by atoms with Gasteiger partial charge in [0.1, 0.15) is 6.04 Å². The van der Waals surface area contributed by atoms with Gasteiger partial charge in [-0.1, -0.05) is 6.07 Å². The molecular formula is C10H12N2O4. The maximum Gasteiger partial charge on any atom is 0.407 e. The molecule has 0 radical (unpaired) electrons. The summed E-state index contributed by atoms with van der Waals surface area (Å²) in [5.74, 6) is -1.13. The summed E-state index contributed by atoms with van der Waals surface area (Å²) in [4.78, 5) is 25.7. The Balaban J connectivity index is 2.65. The Morgan fingerprint density at radius 3 is 2.81 bits per heavy atom. The molecule has 0 aliphatic rings. The average molecular weight is 224 g/mol. The van der Waals surface area contributed by atoms with E-state index in [4.69, 9.17) is 5.11 Å². The average Bonchev–Trinajstić information content (AvgIpc) is 2.29. The molecule has 0 bridgehead atoms. The number of pyridine rings is 1. The van der Waals surface area contributed by atoms with Gasteiger partial charge in [-0.3, -0.25) is 4.98 Å². The zero-order valence-corrected chi connectivity index (χ0v) is 8.71. The zero-order chi connectivity index (χ0) is 12.0. The summed E-state index contributed by atoms with van der Waals surface area (Å²) >= 11 is 0. The van der Waals surface area contributed by atoms with Gasteiger partial charge in [-0.2, -0.15) is 0 Å². The highest BCUT2D eigenvalue weighted by atomic mass is 16.5. The lowest BCUT2D eigenvalue weighted by molar-refractivity contribution is -0.139. The molecule has 6 heteroatoms. The first kappa shape index (κ1) is 12.0. The number of alkyl carbamates (subject to hydrolysis) is 1. The minimum Gasteiger partial charge on any atom is -0.480 e. The van der Waals surface area contributed by atoms with Crippen LogP contribution in [-0.2, 0) is 16.0 Å². The number of carbonyl (C=O) groups is 2. The van der Waals surface area contributed by atoms with Gasteiger partial charge in [-0.25, -0.2) is 9.59 Å². The van der Waals surface area contributed by atoms with Gasteiger partial charge in [0.25, 0.3) is 0 Å². The number of nitrogens with zero attached hydrogens (tertiary/aromatic N) is 1. The van der Waals surface area contributed by atoms with Crippen molar-refractivity contribution in [3.63, 3.8) is 0 Å². The van der Waals surface area contributed by atoms with Gasteiger partial charge in [-0.15, -0.1) is 0 Å². The Kier molecular flexibility index (Phi) is 4.26. The molecule has 0 aromatic carbocycles. The monoisotopic (exact) mass is 224 g/mol. The number of nitrogens with one attached hydrogen (secondary N) is 1. The number of hydrogen-bond acceptors (Lipinski definition) is 4. The number of carboxylic acids is 1. The number of rotatable bonds is 4. The number of carboxylic acid groups (broad SMARTS) is 1.